The van der Waals surface area contributed by atoms with Crippen molar-refractivity contribution in [2.75, 3.05) is 19.7 Å². The monoisotopic (exact) mass is 368 g/mol. The Morgan fingerprint density at radius 2 is 2.00 bits per heavy atom. The summed E-state index contributed by atoms with van der Waals surface area (Å²) in [5, 5.41) is 12.1. The molecule has 4 rings (SSSR count). The molecule has 4 nitrogen and oxygen atoms in total. The fourth-order valence-corrected chi connectivity index (χ4v) is 3.77. The SMILES string of the molecule is OC1(COc2ccccc2F)CCCN(Cc2ccc3[nH]ccc3c2)CC1. The van der Waals surface area contributed by atoms with E-state index in [4.69, 9.17) is 4.74 Å². The lowest BCUT2D eigenvalue weighted by Crippen LogP contribution is -2.37. The minimum absolute atomic E-state index is 0.122. The third-order valence-corrected chi connectivity index (χ3v) is 5.37. The molecule has 1 aliphatic rings. The highest BCUT2D eigenvalue weighted by Crippen LogP contribution is 2.26. The molecule has 0 aliphatic carbocycles. The minimum atomic E-state index is -0.915. The van der Waals surface area contributed by atoms with Crippen LogP contribution in [0, 0.1) is 5.82 Å². The molecule has 142 valence electrons. The van der Waals surface area contributed by atoms with E-state index in [0.29, 0.717) is 12.8 Å². The number of nitrogens with one attached hydrogen (secondary N) is 1. The summed E-state index contributed by atoms with van der Waals surface area (Å²) < 4.78 is 19.3. The number of ether oxygens (including phenoxy) is 1. The first-order valence-electron chi connectivity index (χ1n) is 9.49. The van der Waals surface area contributed by atoms with Gasteiger partial charge in [-0.05, 0) is 67.1 Å². The van der Waals surface area contributed by atoms with Gasteiger partial charge in [0.15, 0.2) is 11.6 Å². The summed E-state index contributed by atoms with van der Waals surface area (Å²) in [5.41, 5.74) is 1.51. The zero-order valence-electron chi connectivity index (χ0n) is 15.3. The number of hydrogen-bond acceptors (Lipinski definition) is 3. The molecular formula is C22H25FN2O2. The summed E-state index contributed by atoms with van der Waals surface area (Å²) in [6, 6.07) is 14.9. The summed E-state index contributed by atoms with van der Waals surface area (Å²) in [6.07, 6.45) is 4.13. The molecule has 0 radical (unpaired) electrons. The lowest BCUT2D eigenvalue weighted by molar-refractivity contribution is -0.0177. The van der Waals surface area contributed by atoms with Crippen LogP contribution >= 0.6 is 0 Å². The summed E-state index contributed by atoms with van der Waals surface area (Å²) in [5.74, 6) is -0.191. The summed E-state index contributed by atoms with van der Waals surface area (Å²) in [4.78, 5) is 5.59. The van der Waals surface area contributed by atoms with Gasteiger partial charge in [-0.25, -0.2) is 4.39 Å². The average Bonchev–Trinajstić information content (AvgIpc) is 3.05. The molecule has 2 heterocycles. The molecule has 1 aliphatic heterocycles. The number of halogens is 1. The van der Waals surface area contributed by atoms with Crippen molar-refractivity contribution in [3.05, 3.63) is 66.1 Å². The standard InChI is InChI=1S/C22H25FN2O2/c23-19-4-1-2-5-21(19)27-16-22(26)9-3-12-25(13-10-22)15-17-6-7-20-18(14-17)8-11-24-20/h1-2,4-8,11,14,24,26H,3,9-10,12-13,15-16H2. The van der Waals surface area contributed by atoms with Crippen molar-refractivity contribution < 1.29 is 14.2 Å². The number of benzene rings is 2. The number of aromatic nitrogens is 1. The van der Waals surface area contributed by atoms with E-state index in [0.717, 1.165) is 31.6 Å². The molecule has 3 aromatic rings. The van der Waals surface area contributed by atoms with Gasteiger partial charge in [0.1, 0.15) is 6.61 Å². The number of rotatable bonds is 5. The van der Waals surface area contributed by atoms with E-state index in [1.807, 2.05) is 6.20 Å². The van der Waals surface area contributed by atoms with Crippen LogP contribution in [0.2, 0.25) is 0 Å². The molecule has 1 saturated heterocycles. The van der Waals surface area contributed by atoms with E-state index < -0.39 is 11.4 Å². The van der Waals surface area contributed by atoms with Crippen molar-refractivity contribution in [2.45, 2.75) is 31.4 Å². The Morgan fingerprint density at radius 1 is 1.11 bits per heavy atom. The lowest BCUT2D eigenvalue weighted by atomic mass is 9.96. The quantitative estimate of drug-likeness (QED) is 0.713. The molecule has 1 aromatic heterocycles. The fraction of sp³-hybridized carbons (Fsp3) is 0.364. The Hall–Kier alpha value is -2.37. The first kappa shape index (κ1) is 18.0. The summed E-state index contributed by atoms with van der Waals surface area (Å²) in [7, 11) is 0. The molecule has 1 unspecified atom stereocenters. The van der Waals surface area contributed by atoms with E-state index in [1.165, 1.54) is 17.0 Å². The molecule has 0 saturated carbocycles. The largest absolute Gasteiger partial charge is 0.488 e. The first-order chi connectivity index (χ1) is 13.1. The van der Waals surface area contributed by atoms with E-state index in [1.54, 1.807) is 18.2 Å². The highest BCUT2D eigenvalue weighted by Gasteiger charge is 2.31. The number of aliphatic hydroxyl groups is 1. The maximum absolute atomic E-state index is 13.7. The van der Waals surface area contributed by atoms with Gasteiger partial charge in [0, 0.05) is 24.8 Å². The number of nitrogens with zero attached hydrogens (tertiary/aromatic N) is 1. The van der Waals surface area contributed by atoms with Crippen LogP contribution in [0.25, 0.3) is 10.9 Å². The number of hydrogen-bond donors (Lipinski definition) is 2. The van der Waals surface area contributed by atoms with Crippen LogP contribution in [0.4, 0.5) is 4.39 Å². The van der Waals surface area contributed by atoms with Crippen LogP contribution in [-0.4, -0.2) is 40.3 Å². The van der Waals surface area contributed by atoms with Gasteiger partial charge in [0.25, 0.3) is 0 Å². The topological polar surface area (TPSA) is 48.5 Å². The second-order valence-corrected chi connectivity index (χ2v) is 7.47. The Balaban J connectivity index is 1.35. The first-order valence-corrected chi connectivity index (χ1v) is 9.49. The number of H-pyrrole nitrogens is 1. The summed E-state index contributed by atoms with van der Waals surface area (Å²) in [6.45, 7) is 2.72. The number of aromatic amines is 1. The van der Waals surface area contributed by atoms with Gasteiger partial charge < -0.3 is 14.8 Å². The maximum atomic E-state index is 13.7. The molecule has 0 spiro atoms. The molecular weight excluding hydrogens is 343 g/mol. The molecule has 5 heteroatoms. The van der Waals surface area contributed by atoms with Crippen molar-refractivity contribution in [3.8, 4) is 5.75 Å². The third-order valence-electron chi connectivity index (χ3n) is 5.37. The van der Waals surface area contributed by atoms with Crippen molar-refractivity contribution >= 4 is 10.9 Å². The predicted molar refractivity (Wildman–Crippen MR) is 104 cm³/mol. The lowest BCUT2D eigenvalue weighted by Gasteiger charge is -2.27. The van der Waals surface area contributed by atoms with Gasteiger partial charge in [-0.1, -0.05) is 18.2 Å². The molecule has 2 aromatic carbocycles. The molecule has 2 N–H and O–H groups in total. The van der Waals surface area contributed by atoms with E-state index >= 15 is 0 Å². The van der Waals surface area contributed by atoms with Crippen LogP contribution in [0.5, 0.6) is 5.75 Å². The maximum Gasteiger partial charge on any atom is 0.165 e. The van der Waals surface area contributed by atoms with Gasteiger partial charge in [-0.15, -0.1) is 0 Å². The Morgan fingerprint density at radius 3 is 2.89 bits per heavy atom. The van der Waals surface area contributed by atoms with Crippen LogP contribution in [-0.2, 0) is 6.54 Å². The van der Waals surface area contributed by atoms with Gasteiger partial charge in [0.05, 0.1) is 5.60 Å². The normalized spacial score (nSPS) is 21.3. The van der Waals surface area contributed by atoms with Crippen LogP contribution in [0.1, 0.15) is 24.8 Å². The fourth-order valence-electron chi connectivity index (χ4n) is 3.77. The number of likely N-dealkylation sites (tertiary alicyclic amines) is 1. The molecule has 0 bridgehead atoms. The van der Waals surface area contributed by atoms with Gasteiger partial charge in [-0.3, -0.25) is 4.90 Å². The second kappa shape index (κ2) is 7.71. The van der Waals surface area contributed by atoms with E-state index in [2.05, 4.69) is 34.1 Å². The summed E-state index contributed by atoms with van der Waals surface area (Å²) >= 11 is 0. The highest BCUT2D eigenvalue weighted by molar-refractivity contribution is 5.79. The third kappa shape index (κ3) is 4.31. The van der Waals surface area contributed by atoms with Crippen molar-refractivity contribution in [1.82, 2.24) is 9.88 Å². The smallest absolute Gasteiger partial charge is 0.165 e. The predicted octanol–water partition coefficient (Wildman–Crippen LogP) is 4.10. The zero-order valence-corrected chi connectivity index (χ0v) is 15.3. The number of fused-ring (bicyclic) bond motifs is 1. The van der Waals surface area contributed by atoms with Crippen LogP contribution < -0.4 is 4.74 Å². The zero-order chi connectivity index (χ0) is 18.7. The van der Waals surface area contributed by atoms with E-state index in [-0.39, 0.29) is 12.4 Å². The molecule has 1 fully saturated rings. The van der Waals surface area contributed by atoms with E-state index in [9.17, 15) is 9.50 Å². The molecule has 27 heavy (non-hydrogen) atoms. The Labute approximate surface area is 158 Å². The Bertz CT molecular complexity index is 910. The van der Waals surface area contributed by atoms with Gasteiger partial charge >= 0.3 is 0 Å². The molecule has 1 atom stereocenters. The van der Waals surface area contributed by atoms with Gasteiger partial charge in [0.2, 0.25) is 0 Å². The van der Waals surface area contributed by atoms with Crippen LogP contribution in [0.15, 0.2) is 54.7 Å². The average molecular weight is 368 g/mol. The Kier molecular flexibility index (Phi) is 5.14. The van der Waals surface area contributed by atoms with Crippen molar-refractivity contribution in [2.24, 2.45) is 0 Å². The van der Waals surface area contributed by atoms with Crippen molar-refractivity contribution in [3.63, 3.8) is 0 Å². The number of para-hydroxylation sites is 1. The van der Waals surface area contributed by atoms with Gasteiger partial charge in [-0.2, -0.15) is 0 Å². The minimum Gasteiger partial charge on any atom is -0.488 e. The second-order valence-electron chi connectivity index (χ2n) is 7.47. The van der Waals surface area contributed by atoms with Crippen LogP contribution in [0.3, 0.4) is 0 Å². The molecule has 0 amide bonds. The van der Waals surface area contributed by atoms with Crippen molar-refractivity contribution in [1.29, 1.82) is 0 Å². The highest BCUT2D eigenvalue weighted by atomic mass is 19.1.